The fraction of sp³-hybridized carbons (Fsp3) is 0.294. The van der Waals surface area contributed by atoms with Gasteiger partial charge in [-0.3, -0.25) is 9.59 Å². The molecule has 1 atom stereocenters. The molecule has 1 heterocycles. The van der Waals surface area contributed by atoms with Crippen molar-refractivity contribution >= 4 is 23.2 Å². The van der Waals surface area contributed by atoms with E-state index in [1.165, 1.54) is 0 Å². The highest BCUT2D eigenvalue weighted by molar-refractivity contribution is 7.07. The van der Waals surface area contributed by atoms with E-state index in [0.29, 0.717) is 5.75 Å². The third kappa shape index (κ3) is 4.81. The Hall–Kier alpha value is -2.38. The minimum Gasteiger partial charge on any atom is -0.496 e. The normalized spacial score (nSPS) is 11.6. The van der Waals surface area contributed by atoms with Gasteiger partial charge in [-0.2, -0.15) is 11.3 Å². The lowest BCUT2D eigenvalue weighted by molar-refractivity contribution is -0.139. The Morgan fingerprint density at radius 1 is 1.12 bits per heavy atom. The number of carbonyl (C=O) groups excluding carboxylic acids is 2. The molecule has 2 amide bonds. The number of hydrogen-bond donors (Lipinski definition) is 2. The highest BCUT2D eigenvalue weighted by atomic mass is 32.1. The van der Waals surface area contributed by atoms with E-state index < -0.39 is 11.8 Å². The molecule has 1 unspecified atom stereocenters. The number of rotatable bonds is 7. The van der Waals surface area contributed by atoms with Crippen LogP contribution in [0.2, 0.25) is 0 Å². The van der Waals surface area contributed by atoms with Crippen molar-refractivity contribution in [2.45, 2.75) is 12.6 Å². The molecule has 0 aliphatic rings. The zero-order chi connectivity index (χ0) is 17.4. The van der Waals surface area contributed by atoms with E-state index >= 15 is 0 Å². The number of thiophene rings is 1. The number of hydrogen-bond acceptors (Lipinski definition) is 5. The van der Waals surface area contributed by atoms with Crippen molar-refractivity contribution in [1.82, 2.24) is 10.6 Å². The zero-order valence-electron chi connectivity index (χ0n) is 13.6. The fourth-order valence-corrected chi connectivity index (χ4v) is 2.87. The SMILES string of the molecule is COc1ccccc1CNC(=O)C(=O)NCC(OC)c1ccsc1. The van der Waals surface area contributed by atoms with Gasteiger partial charge in [-0.25, -0.2) is 0 Å². The van der Waals surface area contributed by atoms with Gasteiger partial charge in [0.2, 0.25) is 0 Å². The molecule has 0 spiro atoms. The molecule has 128 valence electrons. The second kappa shape index (κ2) is 9.05. The average molecular weight is 348 g/mol. The lowest BCUT2D eigenvalue weighted by Crippen LogP contribution is -2.41. The summed E-state index contributed by atoms with van der Waals surface area (Å²) in [6.45, 7) is 0.447. The van der Waals surface area contributed by atoms with Gasteiger partial charge >= 0.3 is 11.8 Å². The molecule has 2 rings (SSSR count). The minimum atomic E-state index is -0.693. The maximum Gasteiger partial charge on any atom is 0.309 e. The first kappa shape index (κ1) is 18.0. The number of benzene rings is 1. The van der Waals surface area contributed by atoms with Gasteiger partial charge in [0.1, 0.15) is 11.9 Å². The molecule has 0 saturated carbocycles. The molecule has 24 heavy (non-hydrogen) atoms. The van der Waals surface area contributed by atoms with Crippen molar-refractivity contribution in [3.63, 3.8) is 0 Å². The van der Waals surface area contributed by atoms with Gasteiger partial charge in [0, 0.05) is 25.8 Å². The van der Waals surface area contributed by atoms with Crippen molar-refractivity contribution in [1.29, 1.82) is 0 Å². The van der Waals surface area contributed by atoms with E-state index in [1.807, 2.05) is 35.0 Å². The van der Waals surface area contributed by atoms with Gasteiger partial charge < -0.3 is 20.1 Å². The Morgan fingerprint density at radius 3 is 2.54 bits per heavy atom. The van der Waals surface area contributed by atoms with Crippen LogP contribution >= 0.6 is 11.3 Å². The summed E-state index contributed by atoms with van der Waals surface area (Å²) in [5.41, 5.74) is 1.77. The summed E-state index contributed by atoms with van der Waals surface area (Å²) in [5, 5.41) is 9.04. The summed E-state index contributed by atoms with van der Waals surface area (Å²) in [5.74, 6) is -0.724. The number of para-hydroxylation sites is 1. The zero-order valence-corrected chi connectivity index (χ0v) is 14.4. The van der Waals surface area contributed by atoms with Crippen molar-refractivity contribution in [2.75, 3.05) is 20.8 Å². The maximum absolute atomic E-state index is 11.9. The molecule has 0 radical (unpaired) electrons. The van der Waals surface area contributed by atoms with Gasteiger partial charge in [-0.05, 0) is 28.5 Å². The van der Waals surface area contributed by atoms with Crippen LogP contribution in [-0.2, 0) is 20.9 Å². The minimum absolute atomic E-state index is 0.217. The Labute approximate surface area is 144 Å². The molecule has 0 fully saturated rings. The first-order chi connectivity index (χ1) is 11.7. The van der Waals surface area contributed by atoms with Gasteiger partial charge in [0.05, 0.1) is 7.11 Å². The van der Waals surface area contributed by atoms with Crippen LogP contribution in [0.15, 0.2) is 41.1 Å². The summed E-state index contributed by atoms with van der Waals surface area (Å²) < 4.78 is 10.5. The molecular formula is C17H20N2O4S. The first-order valence-corrected chi connectivity index (χ1v) is 8.32. The van der Waals surface area contributed by atoms with Crippen molar-refractivity contribution < 1.29 is 19.1 Å². The molecule has 0 aliphatic carbocycles. The molecule has 2 N–H and O–H groups in total. The monoisotopic (exact) mass is 348 g/mol. The largest absolute Gasteiger partial charge is 0.496 e. The number of amides is 2. The quantitative estimate of drug-likeness (QED) is 0.749. The smallest absolute Gasteiger partial charge is 0.309 e. The first-order valence-electron chi connectivity index (χ1n) is 7.38. The Kier molecular flexibility index (Phi) is 6.77. The molecule has 0 aliphatic heterocycles. The Balaban J connectivity index is 1.83. The predicted molar refractivity (Wildman–Crippen MR) is 91.9 cm³/mol. The van der Waals surface area contributed by atoms with Gasteiger partial charge in [-0.15, -0.1) is 0 Å². The molecule has 0 bridgehead atoms. The summed E-state index contributed by atoms with van der Waals surface area (Å²) >= 11 is 1.55. The van der Waals surface area contributed by atoms with Crippen LogP contribution in [0.25, 0.3) is 0 Å². The van der Waals surface area contributed by atoms with Crippen molar-refractivity contribution in [2.24, 2.45) is 0 Å². The van der Waals surface area contributed by atoms with Crippen LogP contribution in [-0.4, -0.2) is 32.6 Å². The lowest BCUT2D eigenvalue weighted by atomic mass is 10.2. The van der Waals surface area contributed by atoms with Gasteiger partial charge in [-0.1, -0.05) is 18.2 Å². The average Bonchev–Trinajstić information content (AvgIpc) is 3.14. The van der Waals surface area contributed by atoms with Gasteiger partial charge in [0.25, 0.3) is 0 Å². The van der Waals surface area contributed by atoms with E-state index in [0.717, 1.165) is 11.1 Å². The van der Waals surface area contributed by atoms with E-state index in [2.05, 4.69) is 10.6 Å². The van der Waals surface area contributed by atoms with Crippen LogP contribution in [0.5, 0.6) is 5.75 Å². The number of methoxy groups -OCH3 is 2. The third-order valence-corrected chi connectivity index (χ3v) is 4.19. The third-order valence-electron chi connectivity index (χ3n) is 3.49. The summed E-state index contributed by atoms with van der Waals surface area (Å²) in [4.78, 5) is 23.8. The molecule has 6 nitrogen and oxygen atoms in total. The van der Waals surface area contributed by atoms with Crippen LogP contribution in [0.3, 0.4) is 0 Å². The molecule has 1 aromatic heterocycles. The molecule has 7 heteroatoms. The fourth-order valence-electron chi connectivity index (χ4n) is 2.17. The summed E-state index contributed by atoms with van der Waals surface area (Å²) in [7, 11) is 3.12. The van der Waals surface area contributed by atoms with Crippen LogP contribution in [0.1, 0.15) is 17.2 Å². The van der Waals surface area contributed by atoms with Crippen molar-refractivity contribution in [3.8, 4) is 5.75 Å². The number of carbonyl (C=O) groups is 2. The Bertz CT molecular complexity index is 673. The van der Waals surface area contributed by atoms with Crippen LogP contribution in [0, 0.1) is 0 Å². The van der Waals surface area contributed by atoms with Gasteiger partial charge in [0.15, 0.2) is 0 Å². The molecular weight excluding hydrogens is 328 g/mol. The standard InChI is InChI=1S/C17H20N2O4S/c1-22-14-6-4-3-5-12(14)9-18-16(20)17(21)19-10-15(23-2)13-7-8-24-11-13/h3-8,11,15H,9-10H2,1-2H3,(H,18,20)(H,19,21). The van der Waals surface area contributed by atoms with Crippen LogP contribution < -0.4 is 15.4 Å². The van der Waals surface area contributed by atoms with E-state index in [9.17, 15) is 9.59 Å². The molecule has 2 aromatic rings. The molecule has 1 aromatic carbocycles. The van der Waals surface area contributed by atoms with Crippen LogP contribution in [0.4, 0.5) is 0 Å². The maximum atomic E-state index is 11.9. The number of ether oxygens (including phenoxy) is 2. The number of nitrogens with one attached hydrogen (secondary N) is 2. The topological polar surface area (TPSA) is 76.7 Å². The second-order valence-corrected chi connectivity index (χ2v) is 5.77. The highest BCUT2D eigenvalue weighted by Crippen LogP contribution is 2.18. The van der Waals surface area contributed by atoms with E-state index in [4.69, 9.17) is 9.47 Å². The molecule has 0 saturated heterocycles. The lowest BCUT2D eigenvalue weighted by Gasteiger charge is -2.15. The highest BCUT2D eigenvalue weighted by Gasteiger charge is 2.17. The van der Waals surface area contributed by atoms with Crippen molar-refractivity contribution in [3.05, 3.63) is 52.2 Å². The Morgan fingerprint density at radius 2 is 1.88 bits per heavy atom. The second-order valence-electron chi connectivity index (χ2n) is 4.99. The van der Waals surface area contributed by atoms with E-state index in [1.54, 1.807) is 31.6 Å². The summed E-state index contributed by atoms with van der Waals surface area (Å²) in [6.07, 6.45) is -0.276. The predicted octanol–water partition coefficient (Wildman–Crippen LogP) is 1.88. The summed E-state index contributed by atoms with van der Waals surface area (Å²) in [6, 6.07) is 9.23. The van der Waals surface area contributed by atoms with E-state index in [-0.39, 0.29) is 19.2 Å².